The van der Waals surface area contributed by atoms with Gasteiger partial charge in [0.05, 0.1) is 0 Å². The summed E-state index contributed by atoms with van der Waals surface area (Å²) in [5.74, 6) is 0.855. The predicted molar refractivity (Wildman–Crippen MR) is 57.6 cm³/mol. The van der Waals surface area contributed by atoms with Crippen molar-refractivity contribution in [2.24, 2.45) is 5.92 Å². The molecule has 0 aromatic rings. The summed E-state index contributed by atoms with van der Waals surface area (Å²) < 4.78 is 2.61. The van der Waals surface area contributed by atoms with Gasteiger partial charge in [-0.1, -0.05) is 33.0 Å². The largest absolute Gasteiger partial charge is 0.403 e. The molecular weight excluding hydrogens is 162 g/mol. The Morgan fingerprint density at radius 1 is 1.50 bits per heavy atom. The van der Waals surface area contributed by atoms with Gasteiger partial charge in [0.1, 0.15) is 8.24 Å². The molecule has 1 heterocycles. The van der Waals surface area contributed by atoms with Crippen LogP contribution in [0.4, 0.5) is 0 Å². The fourth-order valence-electron chi connectivity index (χ4n) is 1.54. The second-order valence-corrected chi connectivity index (χ2v) is 9.45. The molecule has 1 aliphatic rings. The second kappa shape index (κ2) is 3.65. The van der Waals surface area contributed by atoms with Crippen molar-refractivity contribution in [1.82, 2.24) is 4.57 Å². The number of allylic oxidation sites excluding steroid dienone is 1. The summed E-state index contributed by atoms with van der Waals surface area (Å²) in [7, 11) is -1.07. The van der Waals surface area contributed by atoms with Crippen LogP contribution in [0, 0.1) is 5.92 Å². The highest BCUT2D eigenvalue weighted by atomic mass is 28.3. The van der Waals surface area contributed by atoms with Gasteiger partial charge < -0.3 is 4.57 Å². The minimum absolute atomic E-state index is 0.855. The zero-order chi connectivity index (χ0) is 9.19. The number of rotatable bonds is 2. The van der Waals surface area contributed by atoms with Crippen molar-refractivity contribution in [2.45, 2.75) is 39.4 Å². The summed E-state index contributed by atoms with van der Waals surface area (Å²) >= 11 is 0. The third kappa shape index (κ3) is 2.13. The molecule has 1 rings (SSSR count). The molecule has 0 saturated carbocycles. The molecule has 1 nitrogen and oxygen atoms in total. The van der Waals surface area contributed by atoms with Crippen molar-refractivity contribution >= 4 is 8.24 Å². The Bertz CT molecular complexity index is 175. The minimum Gasteiger partial charge on any atom is -0.403 e. The number of hydrogen-bond acceptors (Lipinski definition) is 1. The van der Waals surface area contributed by atoms with E-state index in [2.05, 4.69) is 43.8 Å². The molecular formula is C10H21NSi. The molecule has 0 spiro atoms. The molecule has 0 saturated heterocycles. The van der Waals surface area contributed by atoms with Gasteiger partial charge in [0.25, 0.3) is 0 Å². The first-order valence-electron chi connectivity index (χ1n) is 4.99. The standard InChI is InChI=1S/C10H21NSi/c1-5-12(3,4)11-8-6-7-10(2)9-11/h6,8,10H,5,7,9H2,1-4H3. The van der Waals surface area contributed by atoms with Gasteiger partial charge in [-0.3, -0.25) is 0 Å². The van der Waals surface area contributed by atoms with E-state index in [-0.39, 0.29) is 0 Å². The van der Waals surface area contributed by atoms with Crippen molar-refractivity contribution in [2.75, 3.05) is 6.54 Å². The molecule has 0 fully saturated rings. The van der Waals surface area contributed by atoms with E-state index in [0.29, 0.717) is 0 Å². The first-order valence-corrected chi connectivity index (χ1v) is 8.15. The molecule has 1 atom stereocenters. The van der Waals surface area contributed by atoms with E-state index in [0.717, 1.165) is 5.92 Å². The van der Waals surface area contributed by atoms with E-state index in [1.807, 2.05) is 0 Å². The lowest BCUT2D eigenvalue weighted by Gasteiger charge is -2.39. The summed E-state index contributed by atoms with van der Waals surface area (Å²) in [4.78, 5) is 0. The third-order valence-electron chi connectivity index (χ3n) is 2.97. The van der Waals surface area contributed by atoms with E-state index in [9.17, 15) is 0 Å². The monoisotopic (exact) mass is 183 g/mol. The van der Waals surface area contributed by atoms with Gasteiger partial charge in [0.15, 0.2) is 0 Å². The highest BCUT2D eigenvalue weighted by Gasteiger charge is 2.27. The van der Waals surface area contributed by atoms with Crippen LogP contribution in [0.3, 0.4) is 0 Å². The lowest BCUT2D eigenvalue weighted by atomic mass is 10.1. The molecule has 0 bridgehead atoms. The van der Waals surface area contributed by atoms with E-state index >= 15 is 0 Å². The highest BCUT2D eigenvalue weighted by molar-refractivity contribution is 6.74. The zero-order valence-corrected chi connectivity index (χ0v) is 9.80. The van der Waals surface area contributed by atoms with E-state index < -0.39 is 8.24 Å². The van der Waals surface area contributed by atoms with Crippen molar-refractivity contribution in [3.63, 3.8) is 0 Å². The average molecular weight is 183 g/mol. The molecule has 0 N–H and O–H groups in total. The lowest BCUT2D eigenvalue weighted by molar-refractivity contribution is 0.411. The average Bonchev–Trinajstić information content (AvgIpc) is 2.05. The topological polar surface area (TPSA) is 3.24 Å². The lowest BCUT2D eigenvalue weighted by Crippen LogP contribution is -2.47. The maximum atomic E-state index is 2.61. The summed E-state index contributed by atoms with van der Waals surface area (Å²) in [5.41, 5.74) is 0. The number of hydrogen-bond donors (Lipinski definition) is 0. The van der Waals surface area contributed by atoms with Crippen LogP contribution in [0.2, 0.25) is 19.1 Å². The van der Waals surface area contributed by atoms with Gasteiger partial charge >= 0.3 is 0 Å². The fraction of sp³-hybridized carbons (Fsp3) is 0.800. The van der Waals surface area contributed by atoms with Crippen LogP contribution in [0.15, 0.2) is 12.3 Å². The van der Waals surface area contributed by atoms with Crippen molar-refractivity contribution in [1.29, 1.82) is 0 Å². The van der Waals surface area contributed by atoms with Crippen LogP contribution in [0.1, 0.15) is 20.3 Å². The second-order valence-electron chi connectivity index (χ2n) is 4.54. The summed E-state index contributed by atoms with van der Waals surface area (Å²) in [6.07, 6.45) is 5.93. The van der Waals surface area contributed by atoms with Crippen molar-refractivity contribution < 1.29 is 0 Å². The van der Waals surface area contributed by atoms with Crippen LogP contribution in [0.5, 0.6) is 0 Å². The predicted octanol–water partition coefficient (Wildman–Crippen LogP) is 3.07. The first kappa shape index (κ1) is 9.84. The molecule has 0 radical (unpaired) electrons. The normalized spacial score (nSPS) is 24.7. The zero-order valence-electron chi connectivity index (χ0n) is 8.80. The van der Waals surface area contributed by atoms with Gasteiger partial charge in [-0.05, 0) is 24.6 Å². The van der Waals surface area contributed by atoms with E-state index in [1.54, 1.807) is 0 Å². The van der Waals surface area contributed by atoms with E-state index in [1.165, 1.54) is 19.0 Å². The van der Waals surface area contributed by atoms with Gasteiger partial charge in [-0.25, -0.2) is 0 Å². The van der Waals surface area contributed by atoms with Gasteiger partial charge in [0, 0.05) is 6.54 Å². The van der Waals surface area contributed by atoms with Gasteiger partial charge in [-0.15, -0.1) is 0 Å². The molecule has 0 amide bonds. The van der Waals surface area contributed by atoms with Crippen LogP contribution in [-0.4, -0.2) is 19.3 Å². The fourth-order valence-corrected chi connectivity index (χ4v) is 3.26. The van der Waals surface area contributed by atoms with Crippen LogP contribution < -0.4 is 0 Å². The molecule has 1 aliphatic heterocycles. The van der Waals surface area contributed by atoms with Crippen LogP contribution in [0.25, 0.3) is 0 Å². The Kier molecular flexibility index (Phi) is 2.99. The van der Waals surface area contributed by atoms with E-state index in [4.69, 9.17) is 0 Å². The molecule has 12 heavy (non-hydrogen) atoms. The first-order chi connectivity index (χ1) is 5.56. The number of nitrogens with zero attached hydrogens (tertiary/aromatic N) is 1. The molecule has 0 aliphatic carbocycles. The smallest absolute Gasteiger partial charge is 0.149 e. The molecule has 0 aromatic carbocycles. The Morgan fingerprint density at radius 2 is 2.17 bits per heavy atom. The Hall–Kier alpha value is -0.243. The van der Waals surface area contributed by atoms with Gasteiger partial charge in [0.2, 0.25) is 0 Å². The van der Waals surface area contributed by atoms with Crippen LogP contribution in [-0.2, 0) is 0 Å². The Balaban J connectivity index is 2.63. The molecule has 1 unspecified atom stereocenters. The quantitative estimate of drug-likeness (QED) is 0.595. The Morgan fingerprint density at radius 3 is 2.67 bits per heavy atom. The maximum Gasteiger partial charge on any atom is 0.149 e. The summed E-state index contributed by atoms with van der Waals surface area (Å²) in [5, 5.41) is 0. The highest BCUT2D eigenvalue weighted by Crippen LogP contribution is 2.22. The van der Waals surface area contributed by atoms with Crippen molar-refractivity contribution in [3.05, 3.63) is 12.3 Å². The minimum atomic E-state index is -1.07. The molecule has 2 heteroatoms. The van der Waals surface area contributed by atoms with Crippen LogP contribution >= 0.6 is 0 Å². The maximum absolute atomic E-state index is 2.61. The molecule has 70 valence electrons. The summed E-state index contributed by atoms with van der Waals surface area (Å²) in [6, 6.07) is 1.35. The van der Waals surface area contributed by atoms with Crippen molar-refractivity contribution in [3.8, 4) is 0 Å². The SMILES string of the molecule is CC[Si](C)(C)N1C=CCC(C)C1. The summed E-state index contributed by atoms with van der Waals surface area (Å²) in [6.45, 7) is 10.9. The Labute approximate surface area is 77.5 Å². The van der Waals surface area contributed by atoms with Gasteiger partial charge in [-0.2, -0.15) is 0 Å². The molecule has 0 aromatic heterocycles. The third-order valence-corrected chi connectivity index (χ3v) is 6.59.